The molecule has 0 radical (unpaired) electrons. The van der Waals surface area contributed by atoms with Crippen LogP contribution in [0.25, 0.3) is 0 Å². The predicted octanol–water partition coefficient (Wildman–Crippen LogP) is 4.96. The fourth-order valence-electron chi connectivity index (χ4n) is 4.53. The number of hydrogen-bond donors (Lipinski definition) is 0. The van der Waals surface area contributed by atoms with Gasteiger partial charge in [0.1, 0.15) is 6.10 Å². The minimum absolute atomic E-state index is 0.0179. The molecule has 1 aliphatic heterocycles. The van der Waals surface area contributed by atoms with Crippen LogP contribution in [0, 0.1) is 0 Å². The first-order valence-electron chi connectivity index (χ1n) is 9.99. The third-order valence-electron chi connectivity index (χ3n) is 5.98. The minimum Gasteiger partial charge on any atom is -0.493 e. The molecule has 0 saturated heterocycles. The zero-order chi connectivity index (χ0) is 20.0. The van der Waals surface area contributed by atoms with Gasteiger partial charge in [-0.05, 0) is 41.8 Å². The highest BCUT2D eigenvalue weighted by atomic mass is 16.5. The number of anilines is 1. The van der Waals surface area contributed by atoms with Crippen LogP contribution >= 0.6 is 0 Å². The Bertz CT molecular complexity index is 1070. The molecule has 0 N–H and O–H groups in total. The second-order valence-electron chi connectivity index (χ2n) is 7.69. The molecule has 146 valence electrons. The maximum absolute atomic E-state index is 13.0. The maximum Gasteiger partial charge on any atom is 0.259 e. The van der Waals surface area contributed by atoms with E-state index in [0.29, 0.717) is 11.5 Å². The highest BCUT2D eigenvalue weighted by Gasteiger charge is 2.35. The molecule has 0 saturated carbocycles. The van der Waals surface area contributed by atoms with Gasteiger partial charge in [-0.15, -0.1) is 0 Å². The van der Waals surface area contributed by atoms with E-state index in [1.54, 1.807) is 7.11 Å². The van der Waals surface area contributed by atoms with Gasteiger partial charge in [0, 0.05) is 30.2 Å². The summed E-state index contributed by atoms with van der Waals surface area (Å²) in [4.78, 5) is 14.9. The Morgan fingerprint density at radius 3 is 2.28 bits per heavy atom. The summed E-state index contributed by atoms with van der Waals surface area (Å²) >= 11 is 0. The van der Waals surface area contributed by atoms with E-state index < -0.39 is 0 Å². The molecule has 0 aromatic heterocycles. The van der Waals surface area contributed by atoms with E-state index >= 15 is 0 Å². The fourth-order valence-corrected chi connectivity index (χ4v) is 4.53. The summed E-state index contributed by atoms with van der Waals surface area (Å²) < 4.78 is 11.9. The van der Waals surface area contributed by atoms with E-state index in [1.807, 2.05) is 47.4 Å². The minimum atomic E-state index is -0.0179. The number of hydrogen-bond acceptors (Lipinski definition) is 3. The maximum atomic E-state index is 13.0. The average molecular weight is 385 g/mol. The van der Waals surface area contributed by atoms with Gasteiger partial charge in [0.15, 0.2) is 11.5 Å². The van der Waals surface area contributed by atoms with E-state index in [0.717, 1.165) is 29.7 Å². The lowest BCUT2D eigenvalue weighted by Gasteiger charge is -2.24. The van der Waals surface area contributed by atoms with Crippen molar-refractivity contribution in [2.75, 3.05) is 12.0 Å². The average Bonchev–Trinajstić information content (AvgIpc) is 3.26. The van der Waals surface area contributed by atoms with Crippen LogP contribution in [-0.2, 0) is 12.8 Å². The fraction of sp³-hybridized carbons (Fsp3) is 0.240. The lowest BCUT2D eigenvalue weighted by molar-refractivity contribution is 0.0992. The topological polar surface area (TPSA) is 38.8 Å². The van der Waals surface area contributed by atoms with E-state index in [-0.39, 0.29) is 18.1 Å². The van der Waals surface area contributed by atoms with Crippen molar-refractivity contribution in [3.63, 3.8) is 0 Å². The molecule has 4 nitrogen and oxygen atoms in total. The van der Waals surface area contributed by atoms with Gasteiger partial charge in [0.05, 0.1) is 13.2 Å². The molecule has 1 atom stereocenters. The molecule has 0 bridgehead atoms. The van der Waals surface area contributed by atoms with Crippen molar-refractivity contribution in [1.29, 1.82) is 0 Å². The molecule has 5 rings (SSSR count). The third-order valence-corrected chi connectivity index (χ3v) is 5.98. The summed E-state index contributed by atoms with van der Waals surface area (Å²) in [6, 6.07) is 22.0. The first-order chi connectivity index (χ1) is 14.2. The van der Waals surface area contributed by atoms with Crippen molar-refractivity contribution in [2.24, 2.45) is 0 Å². The van der Waals surface area contributed by atoms with Gasteiger partial charge in [0.2, 0.25) is 0 Å². The van der Waals surface area contributed by atoms with E-state index in [1.165, 1.54) is 11.1 Å². The second kappa shape index (κ2) is 6.96. The Labute approximate surface area is 170 Å². The zero-order valence-electron chi connectivity index (χ0n) is 16.6. The molecule has 29 heavy (non-hydrogen) atoms. The van der Waals surface area contributed by atoms with Crippen LogP contribution in [0.3, 0.4) is 0 Å². The van der Waals surface area contributed by atoms with Gasteiger partial charge in [-0.3, -0.25) is 4.79 Å². The van der Waals surface area contributed by atoms with Crippen LogP contribution in [-0.4, -0.2) is 19.1 Å². The standard InChI is InChI=1S/C25H23NO3/c1-16-21-9-5-6-10-22(21)25(27)26(16)19-11-12-23(28-2)24(15-19)29-20-13-17-7-3-4-8-18(17)14-20/h3-12,15-16,20H,13-14H2,1-2H3. The van der Waals surface area contributed by atoms with Crippen LogP contribution in [0.15, 0.2) is 66.7 Å². The number of carbonyl (C=O) groups is 1. The van der Waals surface area contributed by atoms with E-state index in [9.17, 15) is 4.79 Å². The van der Waals surface area contributed by atoms with Crippen molar-refractivity contribution < 1.29 is 14.3 Å². The number of ether oxygens (including phenoxy) is 2. The van der Waals surface area contributed by atoms with Crippen molar-refractivity contribution in [3.05, 3.63) is 89.0 Å². The lowest BCUT2D eigenvalue weighted by atomic mass is 10.1. The van der Waals surface area contributed by atoms with Gasteiger partial charge < -0.3 is 14.4 Å². The Hall–Kier alpha value is -3.27. The van der Waals surface area contributed by atoms with Crippen molar-refractivity contribution in [3.8, 4) is 11.5 Å². The smallest absolute Gasteiger partial charge is 0.259 e. The lowest BCUT2D eigenvalue weighted by Crippen LogP contribution is -2.26. The normalized spacial score (nSPS) is 17.9. The summed E-state index contributed by atoms with van der Waals surface area (Å²) in [5, 5.41) is 0. The van der Waals surface area contributed by atoms with Crippen molar-refractivity contribution >= 4 is 11.6 Å². The number of fused-ring (bicyclic) bond motifs is 2. The molecule has 0 fully saturated rings. The first-order valence-corrected chi connectivity index (χ1v) is 9.99. The SMILES string of the molecule is COc1ccc(N2C(=O)c3ccccc3C2C)cc1OC1Cc2ccccc2C1. The Morgan fingerprint density at radius 1 is 0.897 bits per heavy atom. The van der Waals surface area contributed by atoms with Crippen molar-refractivity contribution in [2.45, 2.75) is 31.9 Å². The molecule has 3 aromatic rings. The monoisotopic (exact) mass is 385 g/mol. The third kappa shape index (κ3) is 2.96. The van der Waals surface area contributed by atoms with Gasteiger partial charge in [-0.1, -0.05) is 42.5 Å². The van der Waals surface area contributed by atoms with Gasteiger partial charge >= 0.3 is 0 Å². The molecular weight excluding hydrogens is 362 g/mol. The second-order valence-corrected chi connectivity index (χ2v) is 7.69. The van der Waals surface area contributed by atoms with Gasteiger partial charge in [-0.2, -0.15) is 0 Å². The molecular formula is C25H23NO3. The van der Waals surface area contributed by atoms with Crippen LogP contribution in [0.1, 0.15) is 40.0 Å². The highest BCUT2D eigenvalue weighted by Crippen LogP contribution is 2.41. The number of methoxy groups -OCH3 is 1. The summed E-state index contributed by atoms with van der Waals surface area (Å²) in [5.74, 6) is 1.39. The number of nitrogens with zero attached hydrogens (tertiary/aromatic N) is 1. The van der Waals surface area contributed by atoms with E-state index in [4.69, 9.17) is 9.47 Å². The number of carbonyl (C=O) groups excluding carboxylic acids is 1. The van der Waals surface area contributed by atoms with Gasteiger partial charge in [-0.25, -0.2) is 0 Å². The molecule has 1 amide bonds. The number of amides is 1. The molecule has 1 heterocycles. The Morgan fingerprint density at radius 2 is 1.59 bits per heavy atom. The largest absolute Gasteiger partial charge is 0.493 e. The van der Waals surface area contributed by atoms with Crippen LogP contribution in [0.4, 0.5) is 5.69 Å². The predicted molar refractivity (Wildman–Crippen MR) is 113 cm³/mol. The molecule has 3 aromatic carbocycles. The molecule has 1 unspecified atom stereocenters. The molecule has 0 spiro atoms. The molecule has 1 aliphatic carbocycles. The van der Waals surface area contributed by atoms with Crippen LogP contribution in [0.2, 0.25) is 0 Å². The van der Waals surface area contributed by atoms with Crippen LogP contribution in [0.5, 0.6) is 11.5 Å². The quantitative estimate of drug-likeness (QED) is 0.637. The van der Waals surface area contributed by atoms with Crippen LogP contribution < -0.4 is 14.4 Å². The zero-order valence-corrected chi connectivity index (χ0v) is 16.6. The first kappa shape index (κ1) is 17.8. The Kier molecular flexibility index (Phi) is 4.27. The Balaban J connectivity index is 1.44. The molecule has 4 heteroatoms. The number of rotatable bonds is 4. The summed E-state index contributed by atoms with van der Waals surface area (Å²) in [5.41, 5.74) is 5.33. The van der Waals surface area contributed by atoms with Crippen molar-refractivity contribution in [1.82, 2.24) is 0 Å². The summed E-state index contributed by atoms with van der Waals surface area (Å²) in [7, 11) is 1.64. The summed E-state index contributed by atoms with van der Waals surface area (Å²) in [6.45, 7) is 2.06. The highest BCUT2D eigenvalue weighted by molar-refractivity contribution is 6.11. The van der Waals surface area contributed by atoms with Gasteiger partial charge in [0.25, 0.3) is 5.91 Å². The van der Waals surface area contributed by atoms with E-state index in [2.05, 4.69) is 31.2 Å². The number of benzene rings is 3. The summed E-state index contributed by atoms with van der Waals surface area (Å²) in [6.07, 6.45) is 1.84. The molecule has 2 aliphatic rings.